The summed E-state index contributed by atoms with van der Waals surface area (Å²) in [6, 6.07) is 10.3. The van der Waals surface area contributed by atoms with Crippen LogP contribution in [-0.2, 0) is 25.9 Å². The SMILES string of the molecule is CS(=O)(=O)c1ccc(C(=O)OCC(=O)N(Cc2ccccc2)CC(F)(F)F)cc1[N+](=O)[O-]. The van der Waals surface area contributed by atoms with E-state index in [2.05, 4.69) is 0 Å². The van der Waals surface area contributed by atoms with Gasteiger partial charge in [0, 0.05) is 18.9 Å². The van der Waals surface area contributed by atoms with E-state index in [4.69, 9.17) is 4.74 Å². The van der Waals surface area contributed by atoms with Crippen LogP contribution in [0.2, 0.25) is 0 Å². The van der Waals surface area contributed by atoms with Crippen LogP contribution in [0.5, 0.6) is 0 Å². The second-order valence-electron chi connectivity index (χ2n) is 6.64. The van der Waals surface area contributed by atoms with Crippen molar-refractivity contribution in [3.05, 3.63) is 69.8 Å². The molecule has 2 aromatic rings. The second kappa shape index (κ2) is 9.77. The molecule has 2 rings (SSSR count). The molecular weight excluding hydrogens is 457 g/mol. The van der Waals surface area contributed by atoms with Crippen LogP contribution in [0, 0.1) is 10.1 Å². The van der Waals surface area contributed by atoms with Crippen LogP contribution >= 0.6 is 0 Å². The van der Waals surface area contributed by atoms with Crippen LogP contribution in [0.4, 0.5) is 18.9 Å². The zero-order chi connectivity index (χ0) is 24.1. The number of hydrogen-bond donors (Lipinski definition) is 0. The zero-order valence-corrected chi connectivity index (χ0v) is 17.4. The molecule has 0 saturated carbocycles. The van der Waals surface area contributed by atoms with Crippen molar-refractivity contribution in [2.75, 3.05) is 19.4 Å². The summed E-state index contributed by atoms with van der Waals surface area (Å²) in [5.74, 6) is -2.38. The number of alkyl halides is 3. The molecule has 0 aliphatic carbocycles. The third-order valence-corrected chi connectivity index (χ3v) is 5.20. The van der Waals surface area contributed by atoms with Crippen molar-refractivity contribution in [1.82, 2.24) is 4.90 Å². The molecule has 0 bridgehead atoms. The molecule has 0 spiro atoms. The Labute approximate surface area is 180 Å². The molecule has 9 nitrogen and oxygen atoms in total. The molecule has 0 aliphatic rings. The van der Waals surface area contributed by atoms with Gasteiger partial charge in [-0.1, -0.05) is 30.3 Å². The fourth-order valence-corrected chi connectivity index (χ4v) is 3.48. The summed E-state index contributed by atoms with van der Waals surface area (Å²) in [5.41, 5.74) is -0.901. The third-order valence-electron chi connectivity index (χ3n) is 4.06. The summed E-state index contributed by atoms with van der Waals surface area (Å²) in [6.07, 6.45) is -3.95. The van der Waals surface area contributed by atoms with Gasteiger partial charge < -0.3 is 9.64 Å². The highest BCUT2D eigenvalue weighted by atomic mass is 32.2. The average molecular weight is 474 g/mol. The van der Waals surface area contributed by atoms with E-state index in [1.807, 2.05) is 0 Å². The Balaban J connectivity index is 2.16. The van der Waals surface area contributed by atoms with Crippen LogP contribution in [-0.4, -0.2) is 55.7 Å². The summed E-state index contributed by atoms with van der Waals surface area (Å²) in [5, 5.41) is 11.1. The van der Waals surface area contributed by atoms with Crippen LogP contribution < -0.4 is 0 Å². The molecule has 0 N–H and O–H groups in total. The minimum absolute atomic E-state index is 0.384. The quantitative estimate of drug-likeness (QED) is 0.327. The minimum atomic E-state index is -4.70. The molecule has 1 amide bonds. The van der Waals surface area contributed by atoms with E-state index in [-0.39, 0.29) is 6.54 Å². The maximum absolute atomic E-state index is 12.9. The second-order valence-corrected chi connectivity index (χ2v) is 8.62. The molecule has 32 heavy (non-hydrogen) atoms. The number of ether oxygens (including phenoxy) is 1. The van der Waals surface area contributed by atoms with Gasteiger partial charge in [-0.15, -0.1) is 0 Å². The van der Waals surface area contributed by atoms with E-state index in [9.17, 15) is 41.3 Å². The number of halogens is 3. The average Bonchev–Trinajstić information content (AvgIpc) is 2.69. The lowest BCUT2D eigenvalue weighted by Crippen LogP contribution is -2.40. The maximum Gasteiger partial charge on any atom is 0.406 e. The topological polar surface area (TPSA) is 124 Å². The van der Waals surface area contributed by atoms with E-state index in [1.54, 1.807) is 18.2 Å². The van der Waals surface area contributed by atoms with Crippen molar-refractivity contribution in [3.8, 4) is 0 Å². The van der Waals surface area contributed by atoms with Crippen molar-refractivity contribution < 1.29 is 40.8 Å². The lowest BCUT2D eigenvalue weighted by Gasteiger charge is -2.24. The lowest BCUT2D eigenvalue weighted by molar-refractivity contribution is -0.387. The van der Waals surface area contributed by atoms with Gasteiger partial charge in [0.2, 0.25) is 0 Å². The monoisotopic (exact) mass is 474 g/mol. The Kier molecular flexibility index (Phi) is 7.56. The van der Waals surface area contributed by atoms with Gasteiger partial charge in [0.1, 0.15) is 11.4 Å². The summed E-state index contributed by atoms with van der Waals surface area (Å²) >= 11 is 0. The molecule has 0 atom stereocenters. The predicted molar refractivity (Wildman–Crippen MR) is 104 cm³/mol. The Morgan fingerprint density at radius 2 is 1.75 bits per heavy atom. The lowest BCUT2D eigenvalue weighted by atomic mass is 10.2. The van der Waals surface area contributed by atoms with Gasteiger partial charge in [-0.3, -0.25) is 14.9 Å². The van der Waals surface area contributed by atoms with Gasteiger partial charge in [-0.05, 0) is 17.7 Å². The molecule has 0 saturated heterocycles. The van der Waals surface area contributed by atoms with E-state index in [1.165, 1.54) is 12.1 Å². The van der Waals surface area contributed by atoms with Crippen LogP contribution in [0.1, 0.15) is 15.9 Å². The molecule has 13 heteroatoms. The molecule has 0 radical (unpaired) electrons. The number of amides is 1. The Bertz CT molecular complexity index is 1120. The van der Waals surface area contributed by atoms with Crippen LogP contribution in [0.25, 0.3) is 0 Å². The van der Waals surface area contributed by atoms with Crippen LogP contribution in [0.3, 0.4) is 0 Å². The molecule has 0 aromatic heterocycles. The first-order chi connectivity index (χ1) is 14.8. The number of benzene rings is 2. The highest BCUT2D eigenvalue weighted by Crippen LogP contribution is 2.25. The van der Waals surface area contributed by atoms with Crippen molar-refractivity contribution in [3.63, 3.8) is 0 Å². The normalized spacial score (nSPS) is 11.6. The van der Waals surface area contributed by atoms with Gasteiger partial charge in [0.25, 0.3) is 11.6 Å². The Morgan fingerprint density at radius 1 is 1.12 bits per heavy atom. The van der Waals surface area contributed by atoms with E-state index >= 15 is 0 Å². The number of rotatable bonds is 8. The van der Waals surface area contributed by atoms with Crippen molar-refractivity contribution >= 4 is 27.4 Å². The zero-order valence-electron chi connectivity index (χ0n) is 16.5. The predicted octanol–water partition coefficient (Wildman–Crippen LogP) is 2.75. The van der Waals surface area contributed by atoms with Gasteiger partial charge in [-0.2, -0.15) is 13.2 Å². The largest absolute Gasteiger partial charge is 0.452 e. The van der Waals surface area contributed by atoms with Gasteiger partial charge in [0.05, 0.1) is 10.5 Å². The van der Waals surface area contributed by atoms with Gasteiger partial charge in [-0.25, -0.2) is 13.2 Å². The number of carbonyl (C=O) groups is 2. The van der Waals surface area contributed by atoms with E-state index in [0.717, 1.165) is 18.4 Å². The summed E-state index contributed by atoms with van der Waals surface area (Å²) < 4.78 is 66.6. The summed E-state index contributed by atoms with van der Waals surface area (Å²) in [6.45, 7) is -3.01. The first kappa shape index (κ1) is 24.8. The molecule has 0 unspecified atom stereocenters. The molecular formula is C19H17F3N2O7S. The van der Waals surface area contributed by atoms with Crippen LogP contribution in [0.15, 0.2) is 53.4 Å². The molecule has 0 heterocycles. The summed E-state index contributed by atoms with van der Waals surface area (Å²) in [7, 11) is -3.97. The number of esters is 1. The smallest absolute Gasteiger partial charge is 0.406 e. The number of nitrogens with zero attached hydrogens (tertiary/aromatic N) is 2. The molecule has 172 valence electrons. The highest BCUT2D eigenvalue weighted by molar-refractivity contribution is 7.90. The standard InChI is InChI=1S/C19H17F3N2O7S/c1-32(29,30)16-8-7-14(9-15(16)24(27)28)18(26)31-11-17(25)23(12-19(20,21)22)10-13-5-3-2-4-6-13/h2-9H,10-12H2,1H3. The van der Waals surface area contributed by atoms with E-state index in [0.29, 0.717) is 16.5 Å². The number of carbonyl (C=O) groups excluding carboxylic acids is 2. The van der Waals surface area contributed by atoms with E-state index < -0.39 is 62.1 Å². The number of sulfone groups is 1. The fraction of sp³-hybridized carbons (Fsp3) is 0.263. The molecule has 2 aromatic carbocycles. The van der Waals surface area contributed by atoms with Gasteiger partial charge in [0.15, 0.2) is 16.4 Å². The molecule has 0 fully saturated rings. The van der Waals surface area contributed by atoms with Crippen molar-refractivity contribution in [2.24, 2.45) is 0 Å². The van der Waals surface area contributed by atoms with Crippen molar-refractivity contribution in [1.29, 1.82) is 0 Å². The maximum atomic E-state index is 12.9. The molecule has 0 aliphatic heterocycles. The number of nitro benzene ring substituents is 1. The fourth-order valence-electron chi connectivity index (χ4n) is 2.65. The number of nitro groups is 1. The Morgan fingerprint density at radius 3 is 2.28 bits per heavy atom. The third kappa shape index (κ3) is 7.04. The Hall–Kier alpha value is -3.48. The summed E-state index contributed by atoms with van der Waals surface area (Å²) in [4.78, 5) is 34.4. The first-order valence-corrected chi connectivity index (χ1v) is 10.7. The minimum Gasteiger partial charge on any atom is -0.452 e. The van der Waals surface area contributed by atoms with Gasteiger partial charge >= 0.3 is 12.1 Å². The highest BCUT2D eigenvalue weighted by Gasteiger charge is 2.33. The van der Waals surface area contributed by atoms with Crippen molar-refractivity contribution in [2.45, 2.75) is 17.6 Å². The first-order valence-electron chi connectivity index (χ1n) is 8.82. The number of hydrogen-bond acceptors (Lipinski definition) is 7.